The fourth-order valence-corrected chi connectivity index (χ4v) is 1.80. The van der Waals surface area contributed by atoms with Crippen molar-refractivity contribution in [1.82, 2.24) is 9.97 Å². The van der Waals surface area contributed by atoms with E-state index in [-0.39, 0.29) is 12.5 Å². The van der Waals surface area contributed by atoms with Crippen LogP contribution in [-0.2, 0) is 4.79 Å². The van der Waals surface area contributed by atoms with Crippen molar-refractivity contribution in [3.05, 3.63) is 12.4 Å². The van der Waals surface area contributed by atoms with Crippen LogP contribution < -0.4 is 5.32 Å². The van der Waals surface area contributed by atoms with Gasteiger partial charge in [-0.2, -0.15) is 0 Å². The van der Waals surface area contributed by atoms with E-state index in [0.717, 1.165) is 17.3 Å². The number of hydrogen-bond donors (Lipinski definition) is 2. The Morgan fingerprint density at radius 3 is 3.00 bits per heavy atom. The Kier molecular flexibility index (Phi) is 5.76. The van der Waals surface area contributed by atoms with Crippen LogP contribution in [0.25, 0.3) is 0 Å². The molecule has 0 saturated heterocycles. The predicted molar refractivity (Wildman–Crippen MR) is 68.4 cm³/mol. The zero-order valence-corrected chi connectivity index (χ0v) is 10.8. The molecule has 0 bridgehead atoms. The van der Waals surface area contributed by atoms with Gasteiger partial charge in [0, 0.05) is 18.5 Å². The van der Waals surface area contributed by atoms with Gasteiger partial charge in [0.1, 0.15) is 17.2 Å². The molecule has 0 aromatic carbocycles. The van der Waals surface area contributed by atoms with Crippen LogP contribution in [0.15, 0.2) is 17.4 Å². The Balaban J connectivity index is 2.38. The van der Waals surface area contributed by atoms with E-state index >= 15 is 0 Å². The number of nitrogens with one attached hydrogen (secondary N) is 1. The second-order valence-electron chi connectivity index (χ2n) is 3.78. The highest BCUT2D eigenvalue weighted by Gasteiger charge is 2.05. The number of aromatic nitrogens is 2. The number of hydrogen-bond acceptors (Lipinski definition) is 5. The van der Waals surface area contributed by atoms with Gasteiger partial charge in [0.15, 0.2) is 0 Å². The molecule has 1 aromatic heterocycles. The SMILES string of the molecule is CSc1cc(NC(C)CCCC(=O)O)ncn1. The third-order valence-corrected chi connectivity index (χ3v) is 2.91. The molecule has 0 fully saturated rings. The topological polar surface area (TPSA) is 75.1 Å². The van der Waals surface area contributed by atoms with E-state index in [4.69, 9.17) is 5.11 Å². The molecule has 0 amide bonds. The van der Waals surface area contributed by atoms with Gasteiger partial charge in [-0.05, 0) is 26.0 Å². The van der Waals surface area contributed by atoms with Crippen molar-refractivity contribution in [2.45, 2.75) is 37.3 Å². The first kappa shape index (κ1) is 13.8. The second kappa shape index (κ2) is 7.11. The monoisotopic (exact) mass is 255 g/mol. The molecule has 6 heteroatoms. The van der Waals surface area contributed by atoms with E-state index in [2.05, 4.69) is 15.3 Å². The van der Waals surface area contributed by atoms with Crippen LogP contribution in [-0.4, -0.2) is 33.3 Å². The molecule has 1 rings (SSSR count). The molecule has 17 heavy (non-hydrogen) atoms. The lowest BCUT2D eigenvalue weighted by Crippen LogP contribution is -2.16. The Bertz CT molecular complexity index is 373. The lowest BCUT2D eigenvalue weighted by Gasteiger charge is -2.13. The lowest BCUT2D eigenvalue weighted by molar-refractivity contribution is -0.137. The Morgan fingerprint density at radius 2 is 2.35 bits per heavy atom. The van der Waals surface area contributed by atoms with E-state index < -0.39 is 5.97 Å². The summed E-state index contributed by atoms with van der Waals surface area (Å²) < 4.78 is 0. The number of thioether (sulfide) groups is 1. The third-order valence-electron chi connectivity index (χ3n) is 2.27. The van der Waals surface area contributed by atoms with E-state index in [1.807, 2.05) is 19.2 Å². The van der Waals surface area contributed by atoms with Gasteiger partial charge in [-0.15, -0.1) is 11.8 Å². The highest BCUT2D eigenvalue weighted by Crippen LogP contribution is 2.15. The molecule has 0 saturated carbocycles. The largest absolute Gasteiger partial charge is 0.481 e. The van der Waals surface area contributed by atoms with Crippen molar-refractivity contribution in [2.24, 2.45) is 0 Å². The fraction of sp³-hybridized carbons (Fsp3) is 0.545. The van der Waals surface area contributed by atoms with Gasteiger partial charge in [0.2, 0.25) is 0 Å². The van der Waals surface area contributed by atoms with Crippen LogP contribution in [0.5, 0.6) is 0 Å². The first-order valence-electron chi connectivity index (χ1n) is 5.46. The fourth-order valence-electron chi connectivity index (χ4n) is 1.41. The van der Waals surface area contributed by atoms with Gasteiger partial charge in [-0.1, -0.05) is 0 Å². The van der Waals surface area contributed by atoms with Gasteiger partial charge in [-0.25, -0.2) is 9.97 Å². The van der Waals surface area contributed by atoms with Crippen molar-refractivity contribution >= 4 is 23.5 Å². The average Bonchev–Trinajstić information content (AvgIpc) is 2.28. The standard InChI is InChI=1S/C11H17N3O2S/c1-8(4-3-5-11(15)16)14-9-6-10(17-2)13-7-12-9/h6-8H,3-5H2,1-2H3,(H,15,16)(H,12,13,14). The van der Waals surface area contributed by atoms with Gasteiger partial charge in [0.05, 0.1) is 0 Å². The average molecular weight is 255 g/mol. The highest BCUT2D eigenvalue weighted by atomic mass is 32.2. The van der Waals surface area contributed by atoms with E-state index in [1.165, 1.54) is 6.33 Å². The van der Waals surface area contributed by atoms with Crippen molar-refractivity contribution in [2.75, 3.05) is 11.6 Å². The molecule has 0 aliphatic heterocycles. The third kappa shape index (κ3) is 5.53. The molecule has 5 nitrogen and oxygen atoms in total. The number of aliphatic carboxylic acids is 1. The molecular formula is C11H17N3O2S. The maximum Gasteiger partial charge on any atom is 0.303 e. The summed E-state index contributed by atoms with van der Waals surface area (Å²) >= 11 is 1.56. The minimum Gasteiger partial charge on any atom is -0.481 e. The van der Waals surface area contributed by atoms with E-state index in [9.17, 15) is 4.79 Å². The zero-order valence-electron chi connectivity index (χ0n) is 10.0. The zero-order chi connectivity index (χ0) is 12.7. The lowest BCUT2D eigenvalue weighted by atomic mass is 10.1. The molecule has 0 spiro atoms. The van der Waals surface area contributed by atoms with Gasteiger partial charge in [0.25, 0.3) is 0 Å². The second-order valence-corrected chi connectivity index (χ2v) is 4.60. The quantitative estimate of drug-likeness (QED) is 0.575. The van der Waals surface area contributed by atoms with Crippen LogP contribution in [0, 0.1) is 0 Å². The molecule has 0 radical (unpaired) electrons. The molecule has 1 unspecified atom stereocenters. The minimum atomic E-state index is -0.746. The number of carboxylic acids is 1. The summed E-state index contributed by atoms with van der Waals surface area (Å²) in [6, 6.07) is 2.09. The van der Waals surface area contributed by atoms with Crippen LogP contribution in [0.1, 0.15) is 26.2 Å². The Labute approximate surface area is 105 Å². The molecule has 0 aliphatic carbocycles. The summed E-state index contributed by atoms with van der Waals surface area (Å²) in [5.41, 5.74) is 0. The number of carbonyl (C=O) groups is 1. The molecule has 1 aromatic rings. The van der Waals surface area contributed by atoms with Crippen LogP contribution in [0.4, 0.5) is 5.82 Å². The number of anilines is 1. The van der Waals surface area contributed by atoms with E-state index in [0.29, 0.717) is 6.42 Å². The number of nitrogens with zero attached hydrogens (tertiary/aromatic N) is 2. The summed E-state index contributed by atoms with van der Waals surface area (Å²) in [5.74, 6) is 0.0380. The molecule has 1 heterocycles. The van der Waals surface area contributed by atoms with Crippen LogP contribution in [0.2, 0.25) is 0 Å². The predicted octanol–water partition coefficient (Wildman–Crippen LogP) is 2.25. The molecule has 2 N–H and O–H groups in total. The smallest absolute Gasteiger partial charge is 0.303 e. The maximum atomic E-state index is 10.4. The van der Waals surface area contributed by atoms with Gasteiger partial charge < -0.3 is 10.4 Å². The Hall–Kier alpha value is -1.30. The maximum absolute atomic E-state index is 10.4. The van der Waals surface area contributed by atoms with Crippen molar-refractivity contribution in [3.63, 3.8) is 0 Å². The van der Waals surface area contributed by atoms with Crippen molar-refractivity contribution in [3.8, 4) is 0 Å². The molecular weight excluding hydrogens is 238 g/mol. The summed E-state index contributed by atoms with van der Waals surface area (Å²) in [5, 5.41) is 12.7. The first-order valence-corrected chi connectivity index (χ1v) is 6.68. The summed E-state index contributed by atoms with van der Waals surface area (Å²) in [7, 11) is 0. The number of rotatable bonds is 7. The van der Waals surface area contributed by atoms with Crippen molar-refractivity contribution in [1.29, 1.82) is 0 Å². The molecule has 94 valence electrons. The van der Waals surface area contributed by atoms with E-state index in [1.54, 1.807) is 11.8 Å². The van der Waals surface area contributed by atoms with Gasteiger partial charge >= 0.3 is 5.97 Å². The molecule has 1 atom stereocenters. The minimum absolute atomic E-state index is 0.207. The van der Waals surface area contributed by atoms with Crippen LogP contribution in [0.3, 0.4) is 0 Å². The summed E-state index contributed by atoms with van der Waals surface area (Å²) in [6.07, 6.45) is 5.18. The number of carboxylic acid groups (broad SMARTS) is 1. The van der Waals surface area contributed by atoms with Crippen molar-refractivity contribution < 1.29 is 9.90 Å². The summed E-state index contributed by atoms with van der Waals surface area (Å²) in [4.78, 5) is 18.6. The molecule has 0 aliphatic rings. The summed E-state index contributed by atoms with van der Waals surface area (Å²) in [6.45, 7) is 2.02. The first-order chi connectivity index (χ1) is 8.11. The van der Waals surface area contributed by atoms with Gasteiger partial charge in [-0.3, -0.25) is 4.79 Å². The normalized spacial score (nSPS) is 12.1. The van der Waals surface area contributed by atoms with Crippen LogP contribution >= 0.6 is 11.8 Å². The highest BCUT2D eigenvalue weighted by molar-refractivity contribution is 7.98. The Morgan fingerprint density at radius 1 is 1.59 bits per heavy atom.